The smallest absolute Gasteiger partial charge is 0.268 e. The molecule has 1 heterocycles. The van der Waals surface area contributed by atoms with Crippen LogP contribution in [0, 0.1) is 0 Å². The van der Waals surface area contributed by atoms with Gasteiger partial charge in [0.15, 0.2) is 5.60 Å². The number of fused-ring (bicyclic) bond motifs is 1. The second kappa shape index (κ2) is 6.72. The Morgan fingerprint density at radius 3 is 2.41 bits per heavy atom. The number of anilines is 1. The number of aliphatic hydroxyl groups is 1. The van der Waals surface area contributed by atoms with Gasteiger partial charge in [-0.25, -0.2) is 0 Å². The second-order valence-corrected chi connectivity index (χ2v) is 6.91. The Kier molecular flexibility index (Phi) is 4.38. The molecule has 5 heteroatoms. The highest BCUT2D eigenvalue weighted by atomic mass is 35.5. The van der Waals surface area contributed by atoms with Crippen molar-refractivity contribution in [3.05, 3.63) is 94.5 Å². The minimum absolute atomic E-state index is 0.368. The lowest BCUT2D eigenvalue weighted by atomic mass is 9.87. The molecule has 0 aliphatic carbocycles. The Morgan fingerprint density at radius 2 is 1.74 bits per heavy atom. The third kappa shape index (κ3) is 2.87. The highest BCUT2D eigenvalue weighted by Gasteiger charge is 2.51. The van der Waals surface area contributed by atoms with Crippen molar-refractivity contribution in [3.63, 3.8) is 0 Å². The van der Waals surface area contributed by atoms with Gasteiger partial charge in [0.2, 0.25) is 0 Å². The molecule has 0 saturated heterocycles. The summed E-state index contributed by atoms with van der Waals surface area (Å²) in [5, 5.41) is 12.0. The number of rotatable bonds is 4. The normalized spacial score (nSPS) is 18.5. The van der Waals surface area contributed by atoms with Gasteiger partial charge < -0.3 is 14.7 Å². The van der Waals surface area contributed by atoms with Crippen LogP contribution in [-0.4, -0.2) is 18.1 Å². The van der Waals surface area contributed by atoms with Gasteiger partial charge in [0.1, 0.15) is 5.75 Å². The molecule has 1 aliphatic heterocycles. The summed E-state index contributed by atoms with van der Waals surface area (Å²) >= 11 is 6.18. The molecule has 0 unspecified atom stereocenters. The van der Waals surface area contributed by atoms with E-state index in [1.54, 1.807) is 54.5 Å². The molecule has 0 fully saturated rings. The van der Waals surface area contributed by atoms with Crippen LogP contribution < -0.4 is 9.64 Å². The van der Waals surface area contributed by atoms with Crippen LogP contribution in [0.25, 0.3) is 0 Å². The number of methoxy groups -OCH3 is 1. The van der Waals surface area contributed by atoms with Gasteiger partial charge in [-0.1, -0.05) is 54.1 Å². The number of hydrogen-bond acceptors (Lipinski definition) is 3. The quantitative estimate of drug-likeness (QED) is 0.741. The molecule has 0 aromatic heterocycles. The van der Waals surface area contributed by atoms with Gasteiger partial charge >= 0.3 is 0 Å². The number of benzene rings is 3. The van der Waals surface area contributed by atoms with Crippen LogP contribution in [0.15, 0.2) is 72.8 Å². The van der Waals surface area contributed by atoms with E-state index in [0.717, 1.165) is 5.56 Å². The van der Waals surface area contributed by atoms with E-state index in [-0.39, 0.29) is 0 Å². The van der Waals surface area contributed by atoms with Crippen LogP contribution in [-0.2, 0) is 16.9 Å². The van der Waals surface area contributed by atoms with E-state index >= 15 is 0 Å². The van der Waals surface area contributed by atoms with Crippen molar-refractivity contribution < 1.29 is 14.6 Å². The van der Waals surface area contributed by atoms with Crippen LogP contribution in [0.4, 0.5) is 5.69 Å². The van der Waals surface area contributed by atoms with E-state index < -0.39 is 11.5 Å². The zero-order chi connectivity index (χ0) is 19.0. The summed E-state index contributed by atoms with van der Waals surface area (Å²) in [4.78, 5) is 15.0. The lowest BCUT2D eigenvalue weighted by Crippen LogP contribution is -2.40. The Morgan fingerprint density at radius 1 is 1.04 bits per heavy atom. The average Bonchev–Trinajstić information content (AvgIpc) is 2.91. The van der Waals surface area contributed by atoms with E-state index in [4.69, 9.17) is 16.3 Å². The molecule has 1 amide bonds. The van der Waals surface area contributed by atoms with Crippen LogP contribution in [0.2, 0.25) is 5.02 Å². The summed E-state index contributed by atoms with van der Waals surface area (Å²) in [6, 6.07) is 21.7. The predicted octanol–water partition coefficient (Wildman–Crippen LogP) is 4.13. The Hall–Kier alpha value is -2.82. The van der Waals surface area contributed by atoms with Gasteiger partial charge in [0.05, 0.1) is 19.3 Å². The van der Waals surface area contributed by atoms with Crippen LogP contribution in [0.1, 0.15) is 16.7 Å². The van der Waals surface area contributed by atoms with Gasteiger partial charge in [-0.2, -0.15) is 0 Å². The molecule has 4 nitrogen and oxygen atoms in total. The zero-order valence-corrected chi connectivity index (χ0v) is 15.5. The molecule has 1 aliphatic rings. The third-order valence-electron chi connectivity index (χ3n) is 4.89. The van der Waals surface area contributed by atoms with Gasteiger partial charge in [0, 0.05) is 10.6 Å². The fourth-order valence-electron chi connectivity index (χ4n) is 3.49. The predicted molar refractivity (Wildman–Crippen MR) is 105 cm³/mol. The minimum Gasteiger partial charge on any atom is -0.497 e. The largest absolute Gasteiger partial charge is 0.497 e. The first kappa shape index (κ1) is 17.6. The summed E-state index contributed by atoms with van der Waals surface area (Å²) in [6.07, 6.45) is 0. The highest BCUT2D eigenvalue weighted by molar-refractivity contribution is 6.31. The summed E-state index contributed by atoms with van der Waals surface area (Å²) in [5.41, 5.74) is 0.812. The number of nitrogens with zero attached hydrogens (tertiary/aromatic N) is 1. The molecule has 3 aromatic carbocycles. The Balaban J connectivity index is 1.83. The van der Waals surface area contributed by atoms with Crippen molar-refractivity contribution >= 4 is 23.2 Å². The molecule has 4 rings (SSSR count). The van der Waals surface area contributed by atoms with Crippen LogP contribution in [0.5, 0.6) is 5.75 Å². The van der Waals surface area contributed by atoms with Gasteiger partial charge in [-0.05, 0) is 41.5 Å². The maximum Gasteiger partial charge on any atom is 0.268 e. The van der Waals surface area contributed by atoms with E-state index in [1.807, 2.05) is 30.3 Å². The molecular formula is C22H18ClNO3. The average molecular weight is 380 g/mol. The molecule has 136 valence electrons. The monoisotopic (exact) mass is 379 g/mol. The first-order valence-electron chi connectivity index (χ1n) is 8.57. The SMILES string of the molecule is COc1ccc([C@]2(O)C(=O)N(Cc3ccccc3)c3ccc(Cl)cc32)cc1. The highest BCUT2D eigenvalue weighted by Crippen LogP contribution is 2.46. The molecule has 0 bridgehead atoms. The first-order valence-corrected chi connectivity index (χ1v) is 8.94. The third-order valence-corrected chi connectivity index (χ3v) is 5.12. The second-order valence-electron chi connectivity index (χ2n) is 6.48. The Labute approximate surface area is 162 Å². The standard InChI is InChI=1S/C22H18ClNO3/c1-27-18-10-7-16(8-11-18)22(26)19-13-17(23)9-12-20(19)24(21(22)25)14-15-5-3-2-4-6-15/h2-13,26H,14H2,1H3/t22-/m1/s1. The number of carbonyl (C=O) groups is 1. The van der Waals surface area contributed by atoms with E-state index in [0.29, 0.717) is 34.1 Å². The summed E-state index contributed by atoms with van der Waals surface area (Å²) in [7, 11) is 1.57. The molecule has 3 aromatic rings. The molecular weight excluding hydrogens is 362 g/mol. The summed E-state index contributed by atoms with van der Waals surface area (Å²) in [6.45, 7) is 0.368. The zero-order valence-electron chi connectivity index (χ0n) is 14.7. The lowest BCUT2D eigenvalue weighted by molar-refractivity contribution is -0.132. The van der Waals surface area contributed by atoms with Gasteiger partial charge in [-0.15, -0.1) is 0 Å². The lowest BCUT2D eigenvalue weighted by Gasteiger charge is -2.24. The van der Waals surface area contributed by atoms with Gasteiger partial charge in [0.25, 0.3) is 5.91 Å². The fraction of sp³-hybridized carbons (Fsp3) is 0.136. The topological polar surface area (TPSA) is 49.8 Å². The van der Waals surface area contributed by atoms with Crippen molar-refractivity contribution in [1.82, 2.24) is 0 Å². The molecule has 0 spiro atoms. The number of carbonyl (C=O) groups excluding carboxylic acids is 1. The number of halogens is 1. The van der Waals surface area contributed by atoms with Crippen LogP contribution in [0.3, 0.4) is 0 Å². The maximum absolute atomic E-state index is 13.4. The summed E-state index contributed by atoms with van der Waals surface area (Å²) < 4.78 is 5.18. The number of amides is 1. The molecule has 0 saturated carbocycles. The molecule has 27 heavy (non-hydrogen) atoms. The first-order chi connectivity index (χ1) is 13.0. The minimum atomic E-state index is -1.79. The van der Waals surface area contributed by atoms with Crippen molar-refractivity contribution in [2.24, 2.45) is 0 Å². The molecule has 1 atom stereocenters. The van der Waals surface area contributed by atoms with E-state index in [2.05, 4.69) is 0 Å². The summed E-state index contributed by atoms with van der Waals surface area (Å²) in [5.74, 6) is 0.258. The number of hydrogen-bond donors (Lipinski definition) is 1. The van der Waals surface area contributed by atoms with E-state index in [1.165, 1.54) is 0 Å². The van der Waals surface area contributed by atoms with Crippen molar-refractivity contribution in [2.75, 3.05) is 12.0 Å². The van der Waals surface area contributed by atoms with Crippen molar-refractivity contribution in [2.45, 2.75) is 12.1 Å². The maximum atomic E-state index is 13.4. The van der Waals surface area contributed by atoms with E-state index in [9.17, 15) is 9.90 Å². The van der Waals surface area contributed by atoms with Gasteiger partial charge in [-0.3, -0.25) is 4.79 Å². The van der Waals surface area contributed by atoms with Crippen molar-refractivity contribution in [3.8, 4) is 5.75 Å². The number of ether oxygens (including phenoxy) is 1. The molecule has 0 radical (unpaired) electrons. The fourth-order valence-corrected chi connectivity index (χ4v) is 3.66. The Bertz CT molecular complexity index is 988. The molecule has 1 N–H and O–H groups in total. The van der Waals surface area contributed by atoms with Crippen LogP contribution >= 0.6 is 11.6 Å². The van der Waals surface area contributed by atoms with Crippen molar-refractivity contribution in [1.29, 1.82) is 0 Å².